The predicted octanol–water partition coefficient (Wildman–Crippen LogP) is 2.43. The van der Waals surface area contributed by atoms with Gasteiger partial charge in [-0.1, -0.05) is 6.07 Å². The van der Waals surface area contributed by atoms with Gasteiger partial charge in [-0.15, -0.1) is 0 Å². The Bertz CT molecular complexity index is 389. The lowest BCUT2D eigenvalue weighted by atomic mass is 9.87. The van der Waals surface area contributed by atoms with Crippen LogP contribution in [-0.4, -0.2) is 50.3 Å². The maximum atomic E-state index is 6.23. The molecule has 0 aliphatic carbocycles. The summed E-state index contributed by atoms with van der Waals surface area (Å²) in [5.74, 6) is 0. The number of hydrogen-bond acceptors (Lipinski definition) is 4. The van der Waals surface area contributed by atoms with Gasteiger partial charge in [0.05, 0.1) is 12.2 Å². The van der Waals surface area contributed by atoms with Gasteiger partial charge in [0, 0.05) is 44.4 Å². The van der Waals surface area contributed by atoms with Gasteiger partial charge in [-0.2, -0.15) is 0 Å². The molecule has 1 aromatic heterocycles. The van der Waals surface area contributed by atoms with Crippen LogP contribution >= 0.6 is 15.9 Å². The third kappa shape index (κ3) is 3.99. The highest BCUT2D eigenvalue weighted by Gasteiger charge is 2.35. The van der Waals surface area contributed by atoms with Crippen LogP contribution < -0.4 is 0 Å². The lowest BCUT2D eigenvalue weighted by Gasteiger charge is -2.37. The van der Waals surface area contributed by atoms with E-state index in [1.165, 1.54) is 0 Å². The van der Waals surface area contributed by atoms with Crippen LogP contribution in [0.5, 0.6) is 0 Å². The number of rotatable bonds is 5. The summed E-state index contributed by atoms with van der Waals surface area (Å²) in [5.41, 5.74) is 0.917. The fourth-order valence-corrected chi connectivity index (χ4v) is 2.52. The van der Waals surface area contributed by atoms with Crippen molar-refractivity contribution in [2.45, 2.75) is 18.4 Å². The molecule has 0 unspecified atom stereocenters. The van der Waals surface area contributed by atoms with Gasteiger partial charge in [-0.05, 0) is 36.1 Å². The van der Waals surface area contributed by atoms with Crippen molar-refractivity contribution >= 4 is 15.9 Å². The van der Waals surface area contributed by atoms with Gasteiger partial charge >= 0.3 is 0 Å². The van der Waals surface area contributed by atoms with Crippen molar-refractivity contribution in [3.63, 3.8) is 0 Å². The van der Waals surface area contributed by atoms with Crippen molar-refractivity contribution in [1.82, 2.24) is 9.88 Å². The minimum Gasteiger partial charge on any atom is -0.381 e. The Hall–Kier alpha value is -0.490. The molecular weight excluding hydrogens is 308 g/mol. The van der Waals surface area contributed by atoms with Gasteiger partial charge in [-0.3, -0.25) is 0 Å². The standard InChI is InChI=1S/C14H21BrN2O2/c1-17(2)7-10-19-14(5-8-18-9-6-14)12-3-4-13(15)16-11-12/h3-4,11H,5-10H2,1-2H3. The molecule has 0 bridgehead atoms. The smallest absolute Gasteiger partial charge is 0.106 e. The Kier molecular flexibility index (Phi) is 5.33. The van der Waals surface area contributed by atoms with Crippen LogP contribution in [-0.2, 0) is 15.1 Å². The molecule has 0 aromatic carbocycles. The molecule has 1 aliphatic rings. The zero-order valence-corrected chi connectivity index (χ0v) is 13.1. The molecule has 0 saturated carbocycles. The molecule has 1 saturated heterocycles. The van der Waals surface area contributed by atoms with E-state index in [9.17, 15) is 0 Å². The SMILES string of the molecule is CN(C)CCOC1(c2ccc(Br)nc2)CCOCC1. The molecule has 0 radical (unpaired) electrons. The molecule has 5 heteroatoms. The molecule has 0 N–H and O–H groups in total. The Balaban J connectivity index is 2.11. The summed E-state index contributed by atoms with van der Waals surface area (Å²) >= 11 is 3.38. The first kappa shape index (κ1) is 14.9. The summed E-state index contributed by atoms with van der Waals surface area (Å²) in [6.45, 7) is 3.14. The van der Waals surface area contributed by atoms with Crippen LogP contribution in [0.25, 0.3) is 0 Å². The summed E-state index contributed by atoms with van der Waals surface area (Å²) in [5, 5.41) is 0. The van der Waals surface area contributed by atoms with Crippen LogP contribution in [0.3, 0.4) is 0 Å². The lowest BCUT2D eigenvalue weighted by molar-refractivity contribution is -0.118. The van der Waals surface area contributed by atoms with E-state index in [0.29, 0.717) is 0 Å². The number of hydrogen-bond donors (Lipinski definition) is 0. The molecule has 106 valence electrons. The summed E-state index contributed by atoms with van der Waals surface area (Å²) < 4.78 is 12.6. The van der Waals surface area contributed by atoms with E-state index in [2.05, 4.69) is 46.0 Å². The average molecular weight is 329 g/mol. The molecular formula is C14H21BrN2O2. The maximum absolute atomic E-state index is 6.23. The van der Waals surface area contributed by atoms with Crippen molar-refractivity contribution in [2.24, 2.45) is 0 Å². The van der Waals surface area contributed by atoms with Crippen LogP contribution in [0, 0.1) is 0 Å². The molecule has 2 rings (SSSR count). The third-order valence-electron chi connectivity index (χ3n) is 3.47. The van der Waals surface area contributed by atoms with Crippen molar-refractivity contribution < 1.29 is 9.47 Å². The van der Waals surface area contributed by atoms with E-state index in [1.807, 2.05) is 12.3 Å². The van der Waals surface area contributed by atoms with Crippen LogP contribution in [0.15, 0.2) is 22.9 Å². The minimum atomic E-state index is -0.234. The summed E-state index contributed by atoms with van der Waals surface area (Å²) in [4.78, 5) is 6.46. The quantitative estimate of drug-likeness (QED) is 0.777. The van der Waals surface area contributed by atoms with Gasteiger partial charge in [0.25, 0.3) is 0 Å². The molecule has 1 aliphatic heterocycles. The Morgan fingerprint density at radius 3 is 2.68 bits per heavy atom. The molecule has 0 amide bonds. The van der Waals surface area contributed by atoms with Crippen molar-refractivity contribution in [2.75, 3.05) is 40.5 Å². The lowest BCUT2D eigenvalue weighted by Crippen LogP contribution is -2.38. The monoisotopic (exact) mass is 328 g/mol. The number of pyridine rings is 1. The Morgan fingerprint density at radius 1 is 1.37 bits per heavy atom. The van der Waals surface area contributed by atoms with E-state index >= 15 is 0 Å². The fraction of sp³-hybridized carbons (Fsp3) is 0.643. The number of ether oxygens (including phenoxy) is 2. The van der Waals surface area contributed by atoms with E-state index in [4.69, 9.17) is 9.47 Å². The zero-order valence-electron chi connectivity index (χ0n) is 11.6. The highest BCUT2D eigenvalue weighted by molar-refractivity contribution is 9.10. The topological polar surface area (TPSA) is 34.6 Å². The van der Waals surface area contributed by atoms with Gasteiger partial charge in [0.15, 0.2) is 0 Å². The van der Waals surface area contributed by atoms with Crippen LogP contribution in [0.1, 0.15) is 18.4 Å². The fourth-order valence-electron chi connectivity index (χ4n) is 2.29. The maximum Gasteiger partial charge on any atom is 0.106 e. The van der Waals surface area contributed by atoms with Crippen molar-refractivity contribution in [3.05, 3.63) is 28.5 Å². The van der Waals surface area contributed by atoms with Gasteiger partial charge < -0.3 is 14.4 Å². The largest absolute Gasteiger partial charge is 0.381 e. The summed E-state index contributed by atoms with van der Waals surface area (Å²) in [7, 11) is 4.11. The Labute approximate surface area is 123 Å². The second kappa shape index (κ2) is 6.79. The normalized spacial score (nSPS) is 18.7. The van der Waals surface area contributed by atoms with E-state index in [1.54, 1.807) is 0 Å². The summed E-state index contributed by atoms with van der Waals surface area (Å²) in [6, 6.07) is 4.07. The summed E-state index contributed by atoms with van der Waals surface area (Å²) in [6.07, 6.45) is 3.69. The first-order chi connectivity index (χ1) is 9.12. The van der Waals surface area contributed by atoms with E-state index in [0.717, 1.165) is 49.4 Å². The molecule has 4 nitrogen and oxygen atoms in total. The second-order valence-electron chi connectivity index (χ2n) is 5.13. The van der Waals surface area contributed by atoms with E-state index < -0.39 is 0 Å². The number of aromatic nitrogens is 1. The molecule has 19 heavy (non-hydrogen) atoms. The molecule has 0 atom stereocenters. The van der Waals surface area contributed by atoms with Crippen molar-refractivity contribution in [3.8, 4) is 0 Å². The van der Waals surface area contributed by atoms with Gasteiger partial charge in [-0.25, -0.2) is 4.98 Å². The molecule has 2 heterocycles. The minimum absolute atomic E-state index is 0.234. The van der Waals surface area contributed by atoms with Crippen LogP contribution in [0.4, 0.5) is 0 Å². The van der Waals surface area contributed by atoms with Gasteiger partial charge in [0.1, 0.15) is 4.60 Å². The second-order valence-corrected chi connectivity index (χ2v) is 5.94. The van der Waals surface area contributed by atoms with E-state index in [-0.39, 0.29) is 5.60 Å². The molecule has 0 spiro atoms. The molecule has 1 aromatic rings. The highest BCUT2D eigenvalue weighted by Crippen LogP contribution is 2.36. The zero-order chi connectivity index (χ0) is 13.7. The number of likely N-dealkylation sites (N-methyl/N-ethyl adjacent to an activating group) is 1. The predicted molar refractivity (Wildman–Crippen MR) is 78.2 cm³/mol. The Morgan fingerprint density at radius 2 is 2.11 bits per heavy atom. The van der Waals surface area contributed by atoms with Gasteiger partial charge in [0.2, 0.25) is 0 Å². The third-order valence-corrected chi connectivity index (χ3v) is 3.94. The molecule has 1 fully saturated rings. The number of halogens is 1. The first-order valence-electron chi connectivity index (χ1n) is 6.61. The first-order valence-corrected chi connectivity index (χ1v) is 7.40. The number of nitrogens with zero attached hydrogens (tertiary/aromatic N) is 2. The highest BCUT2D eigenvalue weighted by atomic mass is 79.9. The van der Waals surface area contributed by atoms with Crippen molar-refractivity contribution in [1.29, 1.82) is 0 Å². The van der Waals surface area contributed by atoms with Crippen LogP contribution in [0.2, 0.25) is 0 Å². The average Bonchev–Trinajstić information content (AvgIpc) is 2.40.